The molecule has 0 saturated heterocycles. The van der Waals surface area contributed by atoms with Crippen molar-refractivity contribution >= 4 is 57.1 Å². The van der Waals surface area contributed by atoms with E-state index in [-0.39, 0.29) is 70.2 Å². The van der Waals surface area contributed by atoms with Crippen molar-refractivity contribution in [2.45, 2.75) is 10.5 Å². The van der Waals surface area contributed by atoms with Gasteiger partial charge in [-0.3, -0.25) is 0 Å². The van der Waals surface area contributed by atoms with Gasteiger partial charge in [0.2, 0.25) is 0 Å². The third-order valence-corrected chi connectivity index (χ3v) is 9.10. The molecule has 208 valence electrons. The summed E-state index contributed by atoms with van der Waals surface area (Å²) in [6.07, 6.45) is 6.30. The average Bonchev–Trinajstić information content (AvgIpc) is 2.95. The predicted molar refractivity (Wildman–Crippen MR) is 157 cm³/mol. The van der Waals surface area contributed by atoms with Crippen LogP contribution in [0.5, 0.6) is 0 Å². The van der Waals surface area contributed by atoms with Crippen LogP contribution < -0.4 is 69.3 Å². The molecule has 6 nitrogen and oxygen atoms in total. The van der Waals surface area contributed by atoms with E-state index < -0.39 is 32.3 Å². The molecule has 0 aliphatic rings. The van der Waals surface area contributed by atoms with Crippen molar-refractivity contribution in [3.63, 3.8) is 0 Å². The average molecular weight is 651 g/mol. The summed E-state index contributed by atoms with van der Waals surface area (Å²) in [5.74, 6) is -2.62. The smallest absolute Gasteiger partial charge is 0.545 e. The van der Waals surface area contributed by atoms with Crippen LogP contribution in [0, 0.1) is 0 Å². The predicted octanol–water partition coefficient (Wildman–Crippen LogP) is -0.648. The monoisotopic (exact) mass is 650 g/mol. The Kier molecular flexibility index (Phi) is 14.4. The van der Waals surface area contributed by atoms with E-state index in [2.05, 4.69) is 0 Å². The molecular formula is C32H22Cl2Na2O6S. The summed E-state index contributed by atoms with van der Waals surface area (Å²) in [6, 6.07) is 24.7. The molecule has 2 unspecified atom stereocenters. The Balaban J connectivity index is 0.00000323. The van der Waals surface area contributed by atoms with E-state index in [1.807, 2.05) is 0 Å². The van der Waals surface area contributed by atoms with Gasteiger partial charge in [0.1, 0.15) is 10.5 Å². The van der Waals surface area contributed by atoms with Gasteiger partial charge in [0.15, 0.2) is 9.84 Å². The molecule has 4 aromatic carbocycles. The summed E-state index contributed by atoms with van der Waals surface area (Å²) < 4.78 is 28.8. The standard InChI is InChI=1S/C32H24Cl2O6S.2Na/c33-27-15-11-23(12-16-27)29(19-5-21-1-7-25(8-2-21)31(35)36)41(39,40)30(24-13-17-28(34)18-14-24)20-6-22-3-9-26(10-4-22)32(37)38;;/h1-20,29-30H,(H,35,36)(H,37,38);;/q;2*+1/p-2/b19-5+,20-6+;;. The molecule has 0 saturated carbocycles. The first-order valence-corrected chi connectivity index (χ1v) is 14.6. The molecule has 2 atom stereocenters. The molecular weight excluding hydrogens is 629 g/mol. The van der Waals surface area contributed by atoms with Gasteiger partial charge in [-0.2, -0.15) is 0 Å². The van der Waals surface area contributed by atoms with Crippen LogP contribution in [0.4, 0.5) is 0 Å². The SMILES string of the molecule is O=C([O-])c1ccc(/C=C/C(c2ccc(Cl)cc2)S(=O)(=O)C(/C=C/c2ccc(C(=O)[O-])cc2)c2ccc(Cl)cc2)cc1.[Na+].[Na+]. The van der Waals surface area contributed by atoms with Gasteiger partial charge < -0.3 is 19.8 Å². The maximum Gasteiger partial charge on any atom is 1.00 e. The number of benzene rings is 4. The van der Waals surface area contributed by atoms with Gasteiger partial charge in [0, 0.05) is 10.0 Å². The minimum absolute atomic E-state index is 0. The number of carboxylic acids is 2. The number of aromatic carboxylic acids is 2. The number of carbonyl (C=O) groups excluding carboxylic acids is 2. The molecule has 0 bridgehead atoms. The van der Waals surface area contributed by atoms with Crippen LogP contribution >= 0.6 is 23.2 Å². The summed E-state index contributed by atoms with van der Waals surface area (Å²) in [4.78, 5) is 22.2. The van der Waals surface area contributed by atoms with E-state index in [1.54, 1.807) is 84.9 Å². The maximum absolute atomic E-state index is 14.4. The molecule has 0 N–H and O–H groups in total. The van der Waals surface area contributed by atoms with Crippen molar-refractivity contribution < 1.29 is 87.3 Å². The van der Waals surface area contributed by atoms with E-state index in [0.717, 1.165) is 0 Å². The molecule has 4 aromatic rings. The first-order chi connectivity index (χ1) is 19.5. The third kappa shape index (κ3) is 9.91. The molecule has 0 heterocycles. The Morgan fingerprint density at radius 2 is 0.860 bits per heavy atom. The topological polar surface area (TPSA) is 114 Å². The van der Waals surface area contributed by atoms with Gasteiger partial charge in [-0.15, -0.1) is 0 Å². The number of halogens is 2. The first kappa shape index (κ1) is 37.0. The second kappa shape index (κ2) is 16.8. The zero-order valence-corrected chi connectivity index (χ0v) is 29.6. The Morgan fingerprint density at radius 1 is 0.558 bits per heavy atom. The Labute approximate surface area is 304 Å². The molecule has 0 radical (unpaired) electrons. The molecule has 0 aromatic heterocycles. The zero-order chi connectivity index (χ0) is 29.6. The van der Waals surface area contributed by atoms with Crippen LogP contribution in [0.3, 0.4) is 0 Å². The summed E-state index contributed by atoms with van der Waals surface area (Å²) in [5, 5.41) is 20.9. The van der Waals surface area contributed by atoms with Crippen molar-refractivity contribution in [1.29, 1.82) is 0 Å². The van der Waals surface area contributed by atoms with E-state index in [9.17, 15) is 28.2 Å². The molecule has 0 fully saturated rings. The van der Waals surface area contributed by atoms with Gasteiger partial charge in [-0.25, -0.2) is 8.42 Å². The summed E-state index contributed by atoms with van der Waals surface area (Å²) >= 11 is 12.2. The van der Waals surface area contributed by atoms with Gasteiger partial charge in [-0.05, 0) is 57.6 Å². The van der Waals surface area contributed by atoms with Gasteiger partial charge in [-0.1, -0.05) is 120 Å². The second-order valence-electron chi connectivity index (χ2n) is 9.07. The summed E-state index contributed by atoms with van der Waals surface area (Å²) in [5.41, 5.74) is 2.14. The van der Waals surface area contributed by atoms with E-state index in [1.165, 1.54) is 36.4 Å². The fourth-order valence-electron chi connectivity index (χ4n) is 4.14. The van der Waals surface area contributed by atoms with E-state index in [0.29, 0.717) is 32.3 Å². The molecule has 0 spiro atoms. The Hall–Kier alpha value is -2.17. The molecule has 0 amide bonds. The number of sulfone groups is 1. The molecule has 0 aliphatic heterocycles. The second-order valence-corrected chi connectivity index (χ2v) is 12.1. The molecule has 43 heavy (non-hydrogen) atoms. The van der Waals surface area contributed by atoms with Crippen molar-refractivity contribution in [1.82, 2.24) is 0 Å². The number of hydrogen-bond donors (Lipinski definition) is 0. The fraction of sp³-hybridized carbons (Fsp3) is 0.0625. The van der Waals surface area contributed by atoms with Crippen LogP contribution in [0.2, 0.25) is 10.0 Å². The van der Waals surface area contributed by atoms with E-state index in [4.69, 9.17) is 23.2 Å². The number of rotatable bonds is 10. The minimum Gasteiger partial charge on any atom is -0.545 e. The van der Waals surface area contributed by atoms with Crippen LogP contribution in [0.15, 0.2) is 109 Å². The minimum atomic E-state index is -4.05. The van der Waals surface area contributed by atoms with Crippen molar-refractivity contribution in [3.8, 4) is 0 Å². The van der Waals surface area contributed by atoms with Gasteiger partial charge in [0.05, 0.1) is 11.9 Å². The number of hydrogen-bond acceptors (Lipinski definition) is 6. The number of carbonyl (C=O) groups is 2. The van der Waals surface area contributed by atoms with E-state index >= 15 is 0 Å². The maximum atomic E-state index is 14.4. The quantitative estimate of drug-likeness (QED) is 0.211. The van der Waals surface area contributed by atoms with Crippen LogP contribution in [0.1, 0.15) is 53.5 Å². The molecule has 0 aliphatic carbocycles. The molecule has 4 rings (SSSR count). The van der Waals surface area contributed by atoms with Crippen LogP contribution in [-0.2, 0) is 9.84 Å². The summed E-state index contributed by atoms with van der Waals surface area (Å²) in [6.45, 7) is 0. The van der Waals surface area contributed by atoms with Gasteiger partial charge >= 0.3 is 59.1 Å². The van der Waals surface area contributed by atoms with Crippen LogP contribution in [-0.4, -0.2) is 20.4 Å². The Bertz CT molecular complexity index is 1580. The Morgan fingerprint density at radius 3 is 1.14 bits per heavy atom. The number of carboxylic acid groups (broad SMARTS) is 2. The van der Waals surface area contributed by atoms with Gasteiger partial charge in [0.25, 0.3) is 0 Å². The normalized spacial score (nSPS) is 12.7. The largest absolute Gasteiger partial charge is 1.00 e. The van der Waals surface area contributed by atoms with Crippen molar-refractivity contribution in [2.75, 3.05) is 0 Å². The van der Waals surface area contributed by atoms with Crippen LogP contribution in [0.25, 0.3) is 12.2 Å². The fourth-order valence-corrected chi connectivity index (χ4v) is 6.38. The van der Waals surface area contributed by atoms with Crippen molar-refractivity contribution in [3.05, 3.63) is 153 Å². The first-order valence-electron chi connectivity index (χ1n) is 12.3. The molecule has 11 heteroatoms. The van der Waals surface area contributed by atoms with Crippen molar-refractivity contribution in [2.24, 2.45) is 0 Å². The zero-order valence-electron chi connectivity index (χ0n) is 23.3. The summed E-state index contributed by atoms with van der Waals surface area (Å²) in [7, 11) is -4.05. The third-order valence-electron chi connectivity index (χ3n) is 6.32.